The fraction of sp³-hybridized carbons (Fsp3) is 0.286. The lowest BCUT2D eigenvalue weighted by molar-refractivity contribution is 0.224. The zero-order valence-electron chi connectivity index (χ0n) is 13.8. The van der Waals surface area contributed by atoms with Crippen LogP contribution in [0, 0.1) is 28.5 Å². The second-order valence-corrected chi connectivity index (χ2v) is 7.36. The Kier molecular flexibility index (Phi) is 3.25. The summed E-state index contributed by atoms with van der Waals surface area (Å²) in [6.07, 6.45) is 0.863. The van der Waals surface area contributed by atoms with Gasteiger partial charge in [-0.3, -0.25) is 0 Å². The van der Waals surface area contributed by atoms with E-state index < -0.39 is 0 Å². The molecule has 0 radical (unpaired) electrons. The maximum atomic E-state index is 13.4. The number of H-pyrrole nitrogens is 1. The average Bonchev–Trinajstić information content (AvgIpc) is 2.91. The van der Waals surface area contributed by atoms with Crippen molar-refractivity contribution in [3.63, 3.8) is 0 Å². The first-order valence-electron chi connectivity index (χ1n) is 8.26. The van der Waals surface area contributed by atoms with E-state index in [1.54, 1.807) is 12.1 Å². The number of halogens is 1. The second kappa shape index (κ2) is 5.21. The third kappa shape index (κ3) is 2.14. The molecule has 0 aliphatic heterocycles. The quantitative estimate of drug-likeness (QED) is 0.661. The molecule has 1 aromatic heterocycles. The SMILES string of the molecule is CC1(C)Cc2c([nH]c3ccccc23)[C@H](c2ccc(F)cc2)[C@H]1C#N. The van der Waals surface area contributed by atoms with E-state index in [-0.39, 0.29) is 23.1 Å². The number of aromatic amines is 1. The highest BCUT2D eigenvalue weighted by atomic mass is 19.1. The zero-order chi connectivity index (χ0) is 16.9. The fourth-order valence-electron chi connectivity index (χ4n) is 4.14. The second-order valence-electron chi connectivity index (χ2n) is 7.36. The number of nitrogens with one attached hydrogen (secondary N) is 1. The lowest BCUT2D eigenvalue weighted by atomic mass is 9.62. The summed E-state index contributed by atoms with van der Waals surface area (Å²) in [6, 6.07) is 17.4. The summed E-state index contributed by atoms with van der Waals surface area (Å²) >= 11 is 0. The summed E-state index contributed by atoms with van der Waals surface area (Å²) in [4.78, 5) is 3.54. The van der Waals surface area contributed by atoms with Crippen LogP contribution in [0.25, 0.3) is 10.9 Å². The standard InChI is InChI=1S/C21H19FN2/c1-21(2)11-16-15-5-3-4-6-18(15)24-20(16)19(17(21)12-23)13-7-9-14(22)10-8-13/h3-10,17,19,24H,11H2,1-2H3/t17-,19-/m1/s1. The molecule has 0 bridgehead atoms. The summed E-state index contributed by atoms with van der Waals surface area (Å²) in [5.41, 5.74) is 4.34. The predicted octanol–water partition coefficient (Wildman–Crippen LogP) is 5.16. The molecule has 1 N–H and O–H groups in total. The lowest BCUT2D eigenvalue weighted by Gasteiger charge is -2.40. The highest BCUT2D eigenvalue weighted by Gasteiger charge is 2.44. The van der Waals surface area contributed by atoms with Crippen molar-refractivity contribution < 1.29 is 4.39 Å². The molecule has 1 aliphatic rings. The topological polar surface area (TPSA) is 39.6 Å². The summed E-state index contributed by atoms with van der Waals surface area (Å²) in [5, 5.41) is 11.1. The number of fused-ring (bicyclic) bond motifs is 3. The molecule has 3 heteroatoms. The molecule has 120 valence electrons. The molecule has 0 unspecified atom stereocenters. The summed E-state index contributed by atoms with van der Waals surface area (Å²) in [7, 11) is 0. The minimum atomic E-state index is -0.251. The Balaban J connectivity index is 1.99. The van der Waals surface area contributed by atoms with E-state index in [0.29, 0.717) is 0 Å². The van der Waals surface area contributed by atoms with Crippen LogP contribution in [0.4, 0.5) is 4.39 Å². The van der Waals surface area contributed by atoms with Crippen LogP contribution < -0.4 is 0 Å². The van der Waals surface area contributed by atoms with Crippen LogP contribution in [0.5, 0.6) is 0 Å². The molecule has 2 atom stereocenters. The van der Waals surface area contributed by atoms with Gasteiger partial charge in [0.15, 0.2) is 0 Å². The van der Waals surface area contributed by atoms with Gasteiger partial charge in [-0.2, -0.15) is 5.26 Å². The van der Waals surface area contributed by atoms with Crippen molar-refractivity contribution in [3.05, 3.63) is 71.2 Å². The molecule has 3 aromatic rings. The number of para-hydroxylation sites is 1. The highest BCUT2D eigenvalue weighted by molar-refractivity contribution is 5.85. The zero-order valence-corrected chi connectivity index (χ0v) is 13.8. The van der Waals surface area contributed by atoms with Crippen molar-refractivity contribution >= 4 is 10.9 Å². The van der Waals surface area contributed by atoms with Crippen LogP contribution in [-0.4, -0.2) is 4.98 Å². The van der Waals surface area contributed by atoms with E-state index >= 15 is 0 Å². The third-order valence-corrected chi connectivity index (χ3v) is 5.33. The van der Waals surface area contributed by atoms with E-state index in [1.165, 1.54) is 23.1 Å². The number of nitriles is 1. The number of hydrogen-bond acceptors (Lipinski definition) is 1. The number of aromatic nitrogens is 1. The largest absolute Gasteiger partial charge is 0.358 e. The van der Waals surface area contributed by atoms with E-state index in [4.69, 9.17) is 0 Å². The molecule has 24 heavy (non-hydrogen) atoms. The van der Waals surface area contributed by atoms with Gasteiger partial charge >= 0.3 is 0 Å². The molecular weight excluding hydrogens is 299 g/mol. The Labute approximate surface area is 140 Å². The van der Waals surface area contributed by atoms with Crippen LogP contribution in [0.3, 0.4) is 0 Å². The van der Waals surface area contributed by atoms with Crippen molar-refractivity contribution in [1.82, 2.24) is 4.98 Å². The molecule has 4 rings (SSSR count). The van der Waals surface area contributed by atoms with Crippen molar-refractivity contribution in [2.45, 2.75) is 26.2 Å². The molecule has 2 nitrogen and oxygen atoms in total. The van der Waals surface area contributed by atoms with Gasteiger partial charge in [0.05, 0.1) is 12.0 Å². The number of benzene rings is 2. The van der Waals surface area contributed by atoms with Crippen LogP contribution in [0.1, 0.15) is 36.6 Å². The summed E-state index contributed by atoms with van der Waals surface area (Å²) in [5.74, 6) is -0.482. The van der Waals surface area contributed by atoms with Gasteiger partial charge in [-0.15, -0.1) is 0 Å². The average molecular weight is 318 g/mol. The van der Waals surface area contributed by atoms with Crippen LogP contribution >= 0.6 is 0 Å². The normalized spacial score (nSPS) is 22.1. The monoisotopic (exact) mass is 318 g/mol. The molecule has 2 aromatic carbocycles. The van der Waals surface area contributed by atoms with Gasteiger partial charge in [-0.1, -0.05) is 44.2 Å². The highest BCUT2D eigenvalue weighted by Crippen LogP contribution is 2.50. The Morgan fingerprint density at radius 1 is 1.12 bits per heavy atom. The third-order valence-electron chi connectivity index (χ3n) is 5.33. The van der Waals surface area contributed by atoms with Gasteiger partial charge < -0.3 is 4.98 Å². The molecule has 0 saturated carbocycles. The van der Waals surface area contributed by atoms with Crippen molar-refractivity contribution in [3.8, 4) is 6.07 Å². The Morgan fingerprint density at radius 3 is 2.54 bits per heavy atom. The molecule has 0 saturated heterocycles. The van der Waals surface area contributed by atoms with E-state index in [1.807, 2.05) is 12.1 Å². The molecule has 1 heterocycles. The van der Waals surface area contributed by atoms with Crippen LogP contribution in [0.15, 0.2) is 48.5 Å². The van der Waals surface area contributed by atoms with E-state index in [0.717, 1.165) is 23.2 Å². The smallest absolute Gasteiger partial charge is 0.123 e. The minimum absolute atomic E-state index is 0.0678. The Hall–Kier alpha value is -2.60. The maximum Gasteiger partial charge on any atom is 0.123 e. The predicted molar refractivity (Wildman–Crippen MR) is 93.1 cm³/mol. The van der Waals surface area contributed by atoms with Crippen molar-refractivity contribution in [2.24, 2.45) is 11.3 Å². The van der Waals surface area contributed by atoms with Gasteiger partial charge in [-0.05, 0) is 41.2 Å². The van der Waals surface area contributed by atoms with Gasteiger partial charge in [0.2, 0.25) is 0 Å². The van der Waals surface area contributed by atoms with Gasteiger partial charge in [0.25, 0.3) is 0 Å². The van der Waals surface area contributed by atoms with Gasteiger partial charge in [-0.25, -0.2) is 4.39 Å². The maximum absolute atomic E-state index is 13.4. The van der Waals surface area contributed by atoms with Crippen LogP contribution in [-0.2, 0) is 6.42 Å². The molecule has 0 fully saturated rings. The summed E-state index contributed by atoms with van der Waals surface area (Å²) < 4.78 is 13.4. The van der Waals surface area contributed by atoms with Gasteiger partial charge in [0.1, 0.15) is 5.82 Å². The Morgan fingerprint density at radius 2 is 1.83 bits per heavy atom. The number of hydrogen-bond donors (Lipinski definition) is 1. The Bertz CT molecular complexity index is 944. The summed E-state index contributed by atoms with van der Waals surface area (Å²) in [6.45, 7) is 4.31. The molecular formula is C21H19FN2. The number of nitrogens with zero attached hydrogens (tertiary/aromatic N) is 1. The molecule has 0 spiro atoms. The first-order chi connectivity index (χ1) is 11.5. The molecule has 1 aliphatic carbocycles. The van der Waals surface area contributed by atoms with E-state index in [9.17, 15) is 9.65 Å². The first kappa shape index (κ1) is 15.0. The lowest BCUT2D eigenvalue weighted by Crippen LogP contribution is -2.36. The van der Waals surface area contributed by atoms with Crippen LogP contribution in [0.2, 0.25) is 0 Å². The van der Waals surface area contributed by atoms with Crippen molar-refractivity contribution in [2.75, 3.05) is 0 Å². The van der Waals surface area contributed by atoms with Gasteiger partial charge in [0, 0.05) is 22.5 Å². The fourth-order valence-corrected chi connectivity index (χ4v) is 4.14. The molecule has 0 amide bonds. The first-order valence-corrected chi connectivity index (χ1v) is 8.26. The minimum Gasteiger partial charge on any atom is -0.358 e. The number of rotatable bonds is 1. The van der Waals surface area contributed by atoms with E-state index in [2.05, 4.69) is 37.0 Å². The van der Waals surface area contributed by atoms with Crippen molar-refractivity contribution in [1.29, 1.82) is 5.26 Å².